The molecule has 0 spiro atoms. The van der Waals surface area contributed by atoms with Crippen molar-refractivity contribution in [2.45, 2.75) is 6.18 Å². The van der Waals surface area contributed by atoms with Crippen molar-refractivity contribution < 1.29 is 18.0 Å². The van der Waals surface area contributed by atoms with Crippen LogP contribution in [-0.2, 0) is 11.0 Å². The van der Waals surface area contributed by atoms with Crippen molar-refractivity contribution in [2.24, 2.45) is 0 Å². The molecule has 1 aliphatic heterocycles. The predicted molar refractivity (Wildman–Crippen MR) is 42.2 cm³/mol. The van der Waals surface area contributed by atoms with Gasteiger partial charge in [0.05, 0.1) is 12.1 Å². The monoisotopic (exact) mass is 204 g/mol. The van der Waals surface area contributed by atoms with Gasteiger partial charge in [-0.1, -0.05) is 0 Å². The lowest BCUT2D eigenvalue weighted by atomic mass is 10.3. The number of amides is 1. The lowest BCUT2D eigenvalue weighted by Gasteiger charge is -2.03. The van der Waals surface area contributed by atoms with E-state index in [2.05, 4.69) is 10.3 Å². The van der Waals surface area contributed by atoms with Crippen LogP contribution in [0, 0.1) is 0 Å². The summed E-state index contributed by atoms with van der Waals surface area (Å²) in [6.07, 6.45) is -2.18. The second-order valence-corrected chi connectivity index (χ2v) is 2.52. The lowest BCUT2D eigenvalue weighted by Crippen LogP contribution is -2.04. The third kappa shape index (κ3) is 3.88. The van der Waals surface area contributed by atoms with Gasteiger partial charge >= 0.3 is 6.18 Å². The van der Waals surface area contributed by atoms with Crippen LogP contribution in [-0.4, -0.2) is 17.4 Å². The molecule has 1 saturated heterocycles. The third-order valence-electron chi connectivity index (χ3n) is 1.31. The standard InChI is InChI=1S/C6H4F3N.C2H3NO/c7-6(8,9)5-2-1-3-10-4-5;4-2-1-3-2/h1-4H;1H2,(H,3,4). The van der Waals surface area contributed by atoms with E-state index in [9.17, 15) is 18.0 Å². The zero-order valence-corrected chi connectivity index (χ0v) is 7.01. The van der Waals surface area contributed by atoms with E-state index in [4.69, 9.17) is 0 Å². The minimum atomic E-state index is -4.27. The maximum atomic E-state index is 11.7. The van der Waals surface area contributed by atoms with E-state index in [1.807, 2.05) is 0 Å². The first-order valence-electron chi connectivity index (χ1n) is 3.74. The van der Waals surface area contributed by atoms with Crippen LogP contribution in [0.3, 0.4) is 0 Å². The Kier molecular flexibility index (Phi) is 3.06. The number of halogens is 3. The molecule has 2 heterocycles. The van der Waals surface area contributed by atoms with E-state index < -0.39 is 11.7 Å². The van der Waals surface area contributed by atoms with E-state index in [-0.39, 0.29) is 5.91 Å². The average Bonchev–Trinajstić information content (AvgIpc) is 2.89. The molecule has 0 unspecified atom stereocenters. The minimum absolute atomic E-state index is 0.167. The van der Waals surface area contributed by atoms with E-state index in [0.717, 1.165) is 12.3 Å². The van der Waals surface area contributed by atoms with E-state index >= 15 is 0 Å². The first-order valence-corrected chi connectivity index (χ1v) is 3.74. The van der Waals surface area contributed by atoms with Gasteiger partial charge in [0.15, 0.2) is 0 Å². The molecule has 0 atom stereocenters. The number of pyridine rings is 1. The molecule has 1 aliphatic rings. The Balaban J connectivity index is 0.000000203. The fourth-order valence-corrected chi connectivity index (χ4v) is 0.567. The van der Waals surface area contributed by atoms with Gasteiger partial charge in [-0.15, -0.1) is 0 Å². The Morgan fingerprint density at radius 1 is 1.43 bits per heavy atom. The first kappa shape index (κ1) is 10.5. The maximum absolute atomic E-state index is 11.7. The highest BCUT2D eigenvalue weighted by Gasteiger charge is 2.30. The van der Waals surface area contributed by atoms with Gasteiger partial charge in [-0.3, -0.25) is 9.78 Å². The largest absolute Gasteiger partial charge is 0.417 e. The summed E-state index contributed by atoms with van der Waals surface area (Å²) in [6.45, 7) is 0.597. The Morgan fingerprint density at radius 3 is 2.21 bits per heavy atom. The summed E-state index contributed by atoms with van der Waals surface area (Å²) in [6, 6.07) is 2.23. The average molecular weight is 204 g/mol. The molecule has 0 bridgehead atoms. The van der Waals surface area contributed by atoms with Gasteiger partial charge in [0.1, 0.15) is 0 Å². The molecule has 1 N–H and O–H groups in total. The normalized spacial score (nSPS) is 13.8. The number of rotatable bonds is 0. The Morgan fingerprint density at radius 2 is 2.00 bits per heavy atom. The summed E-state index contributed by atoms with van der Waals surface area (Å²) in [5.74, 6) is 0.167. The number of carbonyl (C=O) groups is 1. The molecule has 76 valence electrons. The summed E-state index contributed by atoms with van der Waals surface area (Å²) < 4.78 is 35.2. The SMILES string of the molecule is FC(F)(F)c1cccnc1.O=C1CN1. The number of hydrogen-bond acceptors (Lipinski definition) is 2. The molecule has 0 saturated carbocycles. The third-order valence-corrected chi connectivity index (χ3v) is 1.31. The van der Waals surface area contributed by atoms with Gasteiger partial charge < -0.3 is 5.32 Å². The molecule has 3 nitrogen and oxygen atoms in total. The fraction of sp³-hybridized carbons (Fsp3) is 0.250. The molecule has 1 amide bonds. The van der Waals surface area contributed by atoms with E-state index in [0.29, 0.717) is 6.54 Å². The molecule has 0 radical (unpaired) electrons. The molecule has 0 aromatic carbocycles. The van der Waals surface area contributed by atoms with Crippen LogP contribution in [0.4, 0.5) is 13.2 Å². The highest BCUT2D eigenvalue weighted by molar-refractivity contribution is 5.91. The van der Waals surface area contributed by atoms with Crippen molar-refractivity contribution in [1.82, 2.24) is 10.3 Å². The van der Waals surface area contributed by atoms with Gasteiger partial charge in [-0.05, 0) is 12.1 Å². The molecular weight excluding hydrogens is 197 g/mol. The van der Waals surface area contributed by atoms with Crippen molar-refractivity contribution in [3.63, 3.8) is 0 Å². The summed E-state index contributed by atoms with van der Waals surface area (Å²) >= 11 is 0. The van der Waals surface area contributed by atoms with Crippen molar-refractivity contribution >= 4 is 5.91 Å². The van der Waals surface area contributed by atoms with Crippen LogP contribution >= 0.6 is 0 Å². The molecule has 1 fully saturated rings. The molecule has 14 heavy (non-hydrogen) atoms. The van der Waals surface area contributed by atoms with Crippen LogP contribution in [0.5, 0.6) is 0 Å². The van der Waals surface area contributed by atoms with Crippen molar-refractivity contribution in [1.29, 1.82) is 0 Å². The van der Waals surface area contributed by atoms with Crippen LogP contribution in [0.15, 0.2) is 24.5 Å². The number of carbonyl (C=O) groups excluding carboxylic acids is 1. The topological polar surface area (TPSA) is 51.9 Å². The quantitative estimate of drug-likeness (QED) is 0.646. The number of alkyl halides is 3. The zero-order valence-electron chi connectivity index (χ0n) is 7.01. The summed E-state index contributed by atoms with van der Waals surface area (Å²) in [4.78, 5) is 12.8. The van der Waals surface area contributed by atoms with Crippen LogP contribution in [0.2, 0.25) is 0 Å². The van der Waals surface area contributed by atoms with Gasteiger partial charge in [0, 0.05) is 12.4 Å². The number of hydrogen-bond donors (Lipinski definition) is 1. The van der Waals surface area contributed by atoms with Crippen LogP contribution in [0.25, 0.3) is 0 Å². The molecule has 0 aliphatic carbocycles. The highest BCUT2D eigenvalue weighted by atomic mass is 19.4. The summed E-state index contributed by atoms with van der Waals surface area (Å²) in [5.41, 5.74) is -0.713. The highest BCUT2D eigenvalue weighted by Crippen LogP contribution is 2.27. The van der Waals surface area contributed by atoms with Gasteiger partial charge in [-0.25, -0.2) is 0 Å². The Bertz CT molecular complexity index is 304. The van der Waals surface area contributed by atoms with Crippen LogP contribution in [0.1, 0.15) is 5.56 Å². The fourth-order valence-electron chi connectivity index (χ4n) is 0.567. The first-order chi connectivity index (χ1) is 6.50. The van der Waals surface area contributed by atoms with E-state index in [1.165, 1.54) is 12.3 Å². The Labute approximate surface area is 78.0 Å². The second-order valence-electron chi connectivity index (χ2n) is 2.52. The summed E-state index contributed by atoms with van der Waals surface area (Å²) in [5, 5.41) is 2.46. The van der Waals surface area contributed by atoms with Crippen molar-refractivity contribution in [3.05, 3.63) is 30.1 Å². The summed E-state index contributed by atoms with van der Waals surface area (Å²) in [7, 11) is 0. The van der Waals surface area contributed by atoms with E-state index in [1.54, 1.807) is 0 Å². The maximum Gasteiger partial charge on any atom is 0.417 e. The second kappa shape index (κ2) is 4.08. The predicted octanol–water partition coefficient (Wildman–Crippen LogP) is 1.22. The number of nitrogens with one attached hydrogen (secondary N) is 1. The molecule has 6 heteroatoms. The van der Waals surface area contributed by atoms with Gasteiger partial charge in [0.25, 0.3) is 0 Å². The van der Waals surface area contributed by atoms with Gasteiger partial charge in [-0.2, -0.15) is 13.2 Å². The van der Waals surface area contributed by atoms with Crippen molar-refractivity contribution in [2.75, 3.05) is 6.54 Å². The molecular formula is C8H7F3N2O. The molecule has 2 rings (SSSR count). The minimum Gasteiger partial charge on any atom is -0.346 e. The van der Waals surface area contributed by atoms with Crippen LogP contribution < -0.4 is 5.32 Å². The smallest absolute Gasteiger partial charge is 0.346 e. The number of nitrogens with zero attached hydrogens (tertiary/aromatic N) is 1. The zero-order chi connectivity index (χ0) is 10.6. The van der Waals surface area contributed by atoms with Gasteiger partial charge in [0.2, 0.25) is 5.91 Å². The Hall–Kier alpha value is -1.59. The molecule has 1 aromatic rings. The number of aromatic nitrogens is 1. The van der Waals surface area contributed by atoms with Crippen molar-refractivity contribution in [3.8, 4) is 0 Å². The molecule has 1 aromatic heterocycles. The lowest BCUT2D eigenvalue weighted by molar-refractivity contribution is -0.137.